The molecular weight excluding hydrogens is 254 g/mol. The smallest absolute Gasteiger partial charge is 0.266 e. The number of oxime groups is 1. The van der Waals surface area contributed by atoms with Crippen molar-refractivity contribution in [2.45, 2.75) is 12.5 Å². The highest BCUT2D eigenvalue weighted by Crippen LogP contribution is 2.14. The molecule has 1 aromatic carbocycles. The summed E-state index contributed by atoms with van der Waals surface area (Å²) in [6.07, 6.45) is 0.0921. The minimum absolute atomic E-state index is 0.0716. The van der Waals surface area contributed by atoms with Crippen molar-refractivity contribution >= 4 is 23.3 Å². The van der Waals surface area contributed by atoms with E-state index in [0.717, 1.165) is 0 Å². The molecule has 96 valence electrons. The fourth-order valence-electron chi connectivity index (χ4n) is 1.71. The Balaban J connectivity index is 2.03. The van der Waals surface area contributed by atoms with Crippen molar-refractivity contribution in [1.29, 1.82) is 0 Å². The van der Waals surface area contributed by atoms with E-state index in [2.05, 4.69) is 5.16 Å². The van der Waals surface area contributed by atoms with Crippen molar-refractivity contribution in [3.63, 3.8) is 0 Å². The molecule has 0 bridgehead atoms. The maximum Gasteiger partial charge on any atom is 0.266 e. The molecule has 1 fully saturated rings. The van der Waals surface area contributed by atoms with Crippen LogP contribution in [0.1, 0.15) is 12.0 Å². The topological polar surface area (TPSA) is 67.9 Å². The molecule has 1 heterocycles. The van der Waals surface area contributed by atoms with Crippen molar-refractivity contribution in [3.8, 4) is 0 Å². The Morgan fingerprint density at radius 3 is 3.00 bits per heavy atom. The fourth-order valence-corrected chi connectivity index (χ4v) is 1.90. The number of carbonyl (C=O) groups is 1. The summed E-state index contributed by atoms with van der Waals surface area (Å²) in [6.45, 7) is 0.677. The lowest BCUT2D eigenvalue weighted by Gasteiger charge is -2.09. The zero-order valence-corrected chi connectivity index (χ0v) is 10.7. The van der Waals surface area contributed by atoms with Gasteiger partial charge >= 0.3 is 0 Å². The summed E-state index contributed by atoms with van der Waals surface area (Å²) in [4.78, 5) is 18.4. The van der Waals surface area contributed by atoms with Gasteiger partial charge in [0.25, 0.3) is 5.91 Å². The first-order valence-corrected chi connectivity index (χ1v) is 5.96. The average Bonchev–Trinajstić information content (AvgIpc) is 2.67. The van der Waals surface area contributed by atoms with Crippen LogP contribution in [0, 0.1) is 0 Å². The first kappa shape index (κ1) is 12.7. The maximum absolute atomic E-state index is 11.6. The largest absolute Gasteiger partial charge is 0.381 e. The summed E-state index contributed by atoms with van der Waals surface area (Å²) in [6, 6.07) is 6.98. The van der Waals surface area contributed by atoms with Gasteiger partial charge in [-0.15, -0.1) is 0 Å². The van der Waals surface area contributed by atoms with Crippen LogP contribution in [-0.2, 0) is 9.63 Å². The molecule has 2 N–H and O–H groups in total. The van der Waals surface area contributed by atoms with Crippen LogP contribution in [0.5, 0.6) is 0 Å². The van der Waals surface area contributed by atoms with Crippen LogP contribution in [0.2, 0.25) is 5.02 Å². The molecule has 0 aromatic heterocycles. The summed E-state index contributed by atoms with van der Waals surface area (Å²) in [5.41, 5.74) is 6.43. The molecule has 1 atom stereocenters. The molecule has 1 aromatic rings. The number of benzene rings is 1. The number of likely N-dealkylation sites (tertiary alicyclic amines) is 1. The zero-order valence-electron chi connectivity index (χ0n) is 9.97. The van der Waals surface area contributed by atoms with Gasteiger partial charge in [-0.2, -0.15) is 0 Å². The SMILES string of the molecule is CN1CC[C@@H](O/N=C(\N)c2cccc(Cl)c2)C1=O. The Kier molecular flexibility index (Phi) is 3.72. The lowest BCUT2D eigenvalue weighted by atomic mass is 10.2. The van der Waals surface area contributed by atoms with Gasteiger partial charge in [0.15, 0.2) is 5.84 Å². The van der Waals surface area contributed by atoms with Gasteiger partial charge in [0.1, 0.15) is 0 Å². The summed E-state index contributed by atoms with van der Waals surface area (Å²) in [7, 11) is 1.73. The lowest BCUT2D eigenvalue weighted by Crippen LogP contribution is -2.27. The van der Waals surface area contributed by atoms with Crippen molar-refractivity contribution < 1.29 is 9.63 Å². The quantitative estimate of drug-likeness (QED) is 0.508. The monoisotopic (exact) mass is 267 g/mol. The van der Waals surface area contributed by atoms with Gasteiger partial charge < -0.3 is 15.5 Å². The third-order valence-corrected chi connectivity index (χ3v) is 3.01. The van der Waals surface area contributed by atoms with Crippen LogP contribution in [0.3, 0.4) is 0 Å². The number of carbonyl (C=O) groups excluding carboxylic acids is 1. The molecule has 18 heavy (non-hydrogen) atoms. The number of amidine groups is 1. The summed E-state index contributed by atoms with van der Waals surface area (Å²) in [5.74, 6) is 0.137. The molecule has 1 aliphatic rings. The first-order chi connectivity index (χ1) is 8.58. The molecule has 1 saturated heterocycles. The fraction of sp³-hybridized carbons (Fsp3) is 0.333. The Labute approximate surface area is 110 Å². The first-order valence-electron chi connectivity index (χ1n) is 5.58. The number of hydrogen-bond donors (Lipinski definition) is 1. The highest BCUT2D eigenvalue weighted by molar-refractivity contribution is 6.31. The Bertz CT molecular complexity index is 490. The summed E-state index contributed by atoms with van der Waals surface area (Å²) in [5, 5.41) is 4.36. The van der Waals surface area contributed by atoms with E-state index in [9.17, 15) is 4.79 Å². The second-order valence-corrected chi connectivity index (χ2v) is 4.57. The van der Waals surface area contributed by atoms with E-state index in [1.165, 1.54) is 0 Å². The van der Waals surface area contributed by atoms with Crippen LogP contribution < -0.4 is 5.73 Å². The van der Waals surface area contributed by atoms with E-state index in [1.54, 1.807) is 36.2 Å². The number of nitrogens with two attached hydrogens (primary N) is 1. The van der Waals surface area contributed by atoms with E-state index in [-0.39, 0.29) is 11.7 Å². The van der Waals surface area contributed by atoms with E-state index >= 15 is 0 Å². The van der Waals surface area contributed by atoms with Gasteiger partial charge in [0, 0.05) is 30.6 Å². The number of likely N-dealkylation sites (N-methyl/N-ethyl adjacent to an activating group) is 1. The van der Waals surface area contributed by atoms with E-state index in [1.807, 2.05) is 0 Å². The predicted octanol–water partition coefficient (Wildman–Crippen LogP) is 1.21. The average molecular weight is 268 g/mol. The third kappa shape index (κ3) is 2.73. The molecule has 0 aliphatic carbocycles. The third-order valence-electron chi connectivity index (χ3n) is 2.78. The van der Waals surface area contributed by atoms with Gasteiger partial charge in [-0.1, -0.05) is 28.9 Å². The number of amides is 1. The standard InChI is InChI=1S/C12H14ClN3O2/c1-16-6-5-10(12(16)17)18-15-11(14)8-3-2-4-9(13)7-8/h2-4,7,10H,5-6H2,1H3,(H2,14,15)/t10-/m1/s1. The highest BCUT2D eigenvalue weighted by atomic mass is 35.5. The molecule has 0 saturated carbocycles. The molecule has 0 radical (unpaired) electrons. The summed E-state index contributed by atoms with van der Waals surface area (Å²) < 4.78 is 0. The zero-order chi connectivity index (χ0) is 13.1. The second kappa shape index (κ2) is 5.27. The maximum atomic E-state index is 11.6. The Morgan fingerprint density at radius 1 is 1.61 bits per heavy atom. The Hall–Kier alpha value is -1.75. The van der Waals surface area contributed by atoms with Crippen molar-refractivity contribution in [1.82, 2.24) is 4.90 Å². The van der Waals surface area contributed by atoms with Gasteiger partial charge in [-0.25, -0.2) is 0 Å². The van der Waals surface area contributed by atoms with Crippen LogP contribution in [-0.4, -0.2) is 36.3 Å². The van der Waals surface area contributed by atoms with Crippen LogP contribution in [0.4, 0.5) is 0 Å². The number of nitrogens with zero attached hydrogens (tertiary/aromatic N) is 2. The molecule has 2 rings (SSSR count). The van der Waals surface area contributed by atoms with E-state index in [4.69, 9.17) is 22.2 Å². The molecular formula is C12H14ClN3O2. The normalized spacial score (nSPS) is 20.3. The minimum Gasteiger partial charge on any atom is -0.381 e. The van der Waals surface area contributed by atoms with Crippen LogP contribution >= 0.6 is 11.6 Å². The van der Waals surface area contributed by atoms with Crippen LogP contribution in [0.15, 0.2) is 29.4 Å². The molecule has 0 unspecified atom stereocenters. The number of hydrogen-bond acceptors (Lipinski definition) is 3. The lowest BCUT2D eigenvalue weighted by molar-refractivity contribution is -0.136. The van der Waals surface area contributed by atoms with E-state index < -0.39 is 6.10 Å². The van der Waals surface area contributed by atoms with Crippen LogP contribution in [0.25, 0.3) is 0 Å². The van der Waals surface area contributed by atoms with Gasteiger partial charge in [0.2, 0.25) is 6.10 Å². The molecule has 0 spiro atoms. The highest BCUT2D eigenvalue weighted by Gasteiger charge is 2.31. The number of halogens is 1. The molecule has 1 aliphatic heterocycles. The Morgan fingerprint density at radius 2 is 2.39 bits per heavy atom. The van der Waals surface area contributed by atoms with Gasteiger partial charge in [0.05, 0.1) is 0 Å². The van der Waals surface area contributed by atoms with Crippen molar-refractivity contribution in [2.24, 2.45) is 10.9 Å². The molecule has 5 nitrogen and oxygen atoms in total. The minimum atomic E-state index is -0.535. The summed E-state index contributed by atoms with van der Waals surface area (Å²) >= 11 is 5.85. The second-order valence-electron chi connectivity index (χ2n) is 4.13. The van der Waals surface area contributed by atoms with Gasteiger partial charge in [-0.05, 0) is 12.1 Å². The van der Waals surface area contributed by atoms with Crippen molar-refractivity contribution in [2.75, 3.05) is 13.6 Å². The molecule has 1 amide bonds. The van der Waals surface area contributed by atoms with Crippen molar-refractivity contribution in [3.05, 3.63) is 34.9 Å². The number of rotatable bonds is 3. The molecule has 6 heteroatoms. The van der Waals surface area contributed by atoms with E-state index in [0.29, 0.717) is 23.6 Å². The van der Waals surface area contributed by atoms with Gasteiger partial charge in [-0.3, -0.25) is 4.79 Å². The predicted molar refractivity (Wildman–Crippen MR) is 69.3 cm³/mol.